The van der Waals surface area contributed by atoms with Gasteiger partial charge in [-0.05, 0) is 36.0 Å². The third kappa shape index (κ3) is 5.47. The van der Waals surface area contributed by atoms with Crippen molar-refractivity contribution in [2.75, 3.05) is 0 Å². The first kappa shape index (κ1) is 21.6. The first-order valence-corrected chi connectivity index (χ1v) is 10.3. The Morgan fingerprint density at radius 2 is 1.47 bits per heavy atom. The van der Waals surface area contributed by atoms with Crippen LogP contribution in [0.25, 0.3) is 11.1 Å². The molecule has 0 aliphatic heterocycles. The normalized spacial score (nSPS) is 16.0. The van der Waals surface area contributed by atoms with Gasteiger partial charge in [-0.1, -0.05) is 67.4 Å². The third-order valence-electron chi connectivity index (χ3n) is 5.83. The highest BCUT2D eigenvalue weighted by Gasteiger charge is 2.43. The number of carbonyl (C=O) groups excluding carboxylic acids is 1. The van der Waals surface area contributed by atoms with Gasteiger partial charge in [0, 0.05) is 6.04 Å². The summed E-state index contributed by atoms with van der Waals surface area (Å²) in [7, 11) is 0. The Labute approximate surface area is 175 Å². The van der Waals surface area contributed by atoms with E-state index in [0.29, 0.717) is 19.3 Å². The molecule has 6 nitrogen and oxygen atoms in total. The molecule has 0 radical (unpaired) electrons. The van der Waals surface area contributed by atoms with Crippen LogP contribution in [0, 0.1) is 5.41 Å². The Bertz CT molecular complexity index is 886. The quantitative estimate of drug-likeness (QED) is 0.583. The molecule has 3 rings (SSSR count). The first-order chi connectivity index (χ1) is 14.4. The lowest BCUT2D eigenvalue weighted by molar-refractivity contribution is -0.146. The SMILES string of the molecule is O=C(O)CC(Cc1ccc(-c2ccccc2)cc1)NC(=O)C1(CC(=O)O)CCCC1. The number of nitrogens with one attached hydrogen (secondary N) is 1. The Kier molecular flexibility index (Phi) is 6.87. The zero-order valence-corrected chi connectivity index (χ0v) is 16.8. The van der Waals surface area contributed by atoms with Crippen molar-refractivity contribution in [2.45, 2.75) is 51.0 Å². The number of amides is 1. The van der Waals surface area contributed by atoms with Crippen molar-refractivity contribution in [1.29, 1.82) is 0 Å². The Morgan fingerprint density at radius 3 is 2.03 bits per heavy atom. The van der Waals surface area contributed by atoms with Crippen molar-refractivity contribution in [3.8, 4) is 11.1 Å². The second-order valence-corrected chi connectivity index (χ2v) is 8.09. The number of rotatable bonds is 9. The molecular weight excluding hydrogens is 382 g/mol. The van der Waals surface area contributed by atoms with Gasteiger partial charge >= 0.3 is 11.9 Å². The van der Waals surface area contributed by atoms with Crippen LogP contribution in [0.1, 0.15) is 44.1 Å². The molecule has 3 N–H and O–H groups in total. The molecular formula is C24H27NO5. The Hall–Kier alpha value is -3.15. The Balaban J connectivity index is 1.72. The lowest BCUT2D eigenvalue weighted by Crippen LogP contribution is -2.47. The molecule has 1 unspecified atom stereocenters. The van der Waals surface area contributed by atoms with Crippen LogP contribution in [0.15, 0.2) is 54.6 Å². The van der Waals surface area contributed by atoms with Gasteiger partial charge in [-0.15, -0.1) is 0 Å². The van der Waals surface area contributed by atoms with E-state index in [2.05, 4.69) is 5.32 Å². The summed E-state index contributed by atoms with van der Waals surface area (Å²) in [4.78, 5) is 35.6. The number of carboxylic acid groups (broad SMARTS) is 2. The van der Waals surface area contributed by atoms with Crippen LogP contribution in [0.4, 0.5) is 0 Å². The highest BCUT2D eigenvalue weighted by molar-refractivity contribution is 5.87. The monoisotopic (exact) mass is 409 g/mol. The predicted molar refractivity (Wildman–Crippen MR) is 113 cm³/mol. The van der Waals surface area contributed by atoms with Gasteiger partial charge in [0.1, 0.15) is 0 Å². The number of hydrogen-bond donors (Lipinski definition) is 3. The maximum atomic E-state index is 13.0. The highest BCUT2D eigenvalue weighted by Crippen LogP contribution is 2.41. The highest BCUT2D eigenvalue weighted by atomic mass is 16.4. The first-order valence-electron chi connectivity index (χ1n) is 10.3. The van der Waals surface area contributed by atoms with E-state index in [4.69, 9.17) is 0 Å². The smallest absolute Gasteiger partial charge is 0.305 e. The van der Waals surface area contributed by atoms with Gasteiger partial charge in [-0.25, -0.2) is 0 Å². The number of aliphatic carboxylic acids is 2. The molecule has 2 aromatic rings. The standard InChI is InChI=1S/C24H27NO5/c26-21(27)15-20(25-23(30)24(16-22(28)29)12-4-5-13-24)14-17-8-10-19(11-9-17)18-6-2-1-3-7-18/h1-3,6-11,20H,4-5,12-16H2,(H,25,30)(H,26,27)(H,28,29). The molecule has 1 saturated carbocycles. The summed E-state index contributed by atoms with van der Waals surface area (Å²) in [5.74, 6) is -2.34. The average molecular weight is 409 g/mol. The fourth-order valence-corrected chi connectivity index (χ4v) is 4.30. The van der Waals surface area contributed by atoms with E-state index in [1.54, 1.807) is 0 Å². The van der Waals surface area contributed by atoms with Crippen molar-refractivity contribution >= 4 is 17.8 Å². The molecule has 0 aromatic heterocycles. The molecule has 0 heterocycles. The second-order valence-electron chi connectivity index (χ2n) is 8.09. The lowest BCUT2D eigenvalue weighted by atomic mass is 9.81. The van der Waals surface area contributed by atoms with E-state index in [9.17, 15) is 24.6 Å². The molecule has 6 heteroatoms. The van der Waals surface area contributed by atoms with Gasteiger partial charge in [0.2, 0.25) is 5.91 Å². The summed E-state index contributed by atoms with van der Waals surface area (Å²) in [6.45, 7) is 0. The van der Waals surface area contributed by atoms with Crippen LogP contribution in [-0.2, 0) is 20.8 Å². The summed E-state index contributed by atoms with van der Waals surface area (Å²) in [5, 5.41) is 21.4. The van der Waals surface area contributed by atoms with Crippen LogP contribution in [0.2, 0.25) is 0 Å². The fraction of sp³-hybridized carbons (Fsp3) is 0.375. The summed E-state index contributed by atoms with van der Waals surface area (Å²) < 4.78 is 0. The molecule has 1 atom stereocenters. The van der Waals surface area contributed by atoms with Crippen LogP contribution in [0.3, 0.4) is 0 Å². The minimum Gasteiger partial charge on any atom is -0.481 e. The second kappa shape index (κ2) is 9.57. The largest absolute Gasteiger partial charge is 0.481 e. The zero-order chi connectivity index (χ0) is 21.6. The molecule has 0 bridgehead atoms. The fourth-order valence-electron chi connectivity index (χ4n) is 4.30. The maximum absolute atomic E-state index is 13.0. The maximum Gasteiger partial charge on any atom is 0.305 e. The van der Waals surface area contributed by atoms with E-state index >= 15 is 0 Å². The van der Waals surface area contributed by atoms with Crippen molar-refractivity contribution in [1.82, 2.24) is 5.32 Å². The van der Waals surface area contributed by atoms with Crippen LogP contribution in [0.5, 0.6) is 0 Å². The van der Waals surface area contributed by atoms with Gasteiger partial charge < -0.3 is 15.5 Å². The van der Waals surface area contributed by atoms with Crippen molar-refractivity contribution in [3.63, 3.8) is 0 Å². The van der Waals surface area contributed by atoms with E-state index in [-0.39, 0.29) is 18.7 Å². The van der Waals surface area contributed by atoms with Crippen LogP contribution in [-0.4, -0.2) is 34.1 Å². The minimum absolute atomic E-state index is 0.213. The van der Waals surface area contributed by atoms with E-state index in [0.717, 1.165) is 29.5 Å². The minimum atomic E-state index is -1.00. The average Bonchev–Trinajstić information content (AvgIpc) is 3.18. The summed E-state index contributed by atoms with van der Waals surface area (Å²) >= 11 is 0. The van der Waals surface area contributed by atoms with E-state index in [1.165, 1.54) is 0 Å². The summed E-state index contributed by atoms with van der Waals surface area (Å²) in [6.07, 6.45) is 2.61. The molecule has 1 amide bonds. The van der Waals surface area contributed by atoms with Gasteiger partial charge in [0.25, 0.3) is 0 Å². The van der Waals surface area contributed by atoms with Gasteiger partial charge in [0.05, 0.1) is 18.3 Å². The number of carboxylic acids is 2. The van der Waals surface area contributed by atoms with Crippen molar-refractivity contribution in [3.05, 3.63) is 60.2 Å². The summed E-state index contributed by atoms with van der Waals surface area (Å²) in [6, 6.07) is 17.2. The molecule has 158 valence electrons. The molecule has 1 fully saturated rings. The third-order valence-corrected chi connectivity index (χ3v) is 5.83. The van der Waals surface area contributed by atoms with E-state index in [1.807, 2.05) is 54.6 Å². The molecule has 1 aliphatic rings. The predicted octanol–water partition coefficient (Wildman–Crippen LogP) is 3.89. The van der Waals surface area contributed by atoms with Gasteiger partial charge in [0.15, 0.2) is 0 Å². The van der Waals surface area contributed by atoms with Crippen molar-refractivity contribution < 1.29 is 24.6 Å². The van der Waals surface area contributed by atoms with Crippen LogP contribution < -0.4 is 5.32 Å². The lowest BCUT2D eigenvalue weighted by Gasteiger charge is -2.28. The topological polar surface area (TPSA) is 104 Å². The van der Waals surface area contributed by atoms with E-state index < -0.39 is 23.4 Å². The molecule has 1 aliphatic carbocycles. The number of benzene rings is 2. The van der Waals surface area contributed by atoms with Gasteiger partial charge in [-0.2, -0.15) is 0 Å². The summed E-state index contributed by atoms with van der Waals surface area (Å²) in [5.41, 5.74) is 2.14. The number of carbonyl (C=O) groups is 3. The van der Waals surface area contributed by atoms with Crippen LogP contribution >= 0.6 is 0 Å². The number of hydrogen-bond acceptors (Lipinski definition) is 3. The molecule has 0 saturated heterocycles. The molecule has 30 heavy (non-hydrogen) atoms. The van der Waals surface area contributed by atoms with Crippen molar-refractivity contribution in [2.24, 2.45) is 5.41 Å². The molecule has 2 aromatic carbocycles. The van der Waals surface area contributed by atoms with Gasteiger partial charge in [-0.3, -0.25) is 14.4 Å². The molecule has 0 spiro atoms. The Morgan fingerprint density at radius 1 is 0.867 bits per heavy atom. The zero-order valence-electron chi connectivity index (χ0n) is 16.8.